The second-order valence-corrected chi connectivity index (χ2v) is 6.58. The normalized spacial score (nSPS) is 18.5. The predicted molar refractivity (Wildman–Crippen MR) is 99.3 cm³/mol. The van der Waals surface area contributed by atoms with Gasteiger partial charge < -0.3 is 20.3 Å². The minimum Gasteiger partial charge on any atom is -0.381 e. The van der Waals surface area contributed by atoms with Crippen molar-refractivity contribution in [2.75, 3.05) is 46.4 Å². The van der Waals surface area contributed by atoms with Crippen LogP contribution in [0.25, 0.3) is 0 Å². The molecule has 0 saturated carbocycles. The first-order valence-corrected chi connectivity index (χ1v) is 9.47. The van der Waals surface area contributed by atoms with Crippen LogP contribution in [0.4, 0.5) is 0 Å². The number of rotatable bonds is 10. The van der Waals surface area contributed by atoms with Gasteiger partial charge in [0.15, 0.2) is 5.96 Å². The molecule has 0 aliphatic carbocycles. The third-order valence-electron chi connectivity index (χ3n) is 4.26. The Labute approximate surface area is 147 Å². The number of hydrogen-bond acceptors (Lipinski definition) is 3. The van der Waals surface area contributed by atoms with Crippen molar-refractivity contribution in [3.8, 4) is 0 Å². The van der Waals surface area contributed by atoms with Crippen molar-refractivity contribution in [3.63, 3.8) is 0 Å². The molecule has 1 aliphatic rings. The standard InChI is InChI=1S/C18H36N4O2/c1-4-5-13-24-14-7-10-20-18(19-3)21-11-9-17(23)22-12-6-8-16(2)15-22/h16H,4-15H2,1-3H3,(H2,19,20,21). The monoisotopic (exact) mass is 340 g/mol. The van der Waals surface area contributed by atoms with Crippen molar-refractivity contribution in [1.82, 2.24) is 15.5 Å². The number of piperidine rings is 1. The van der Waals surface area contributed by atoms with Crippen LogP contribution >= 0.6 is 0 Å². The van der Waals surface area contributed by atoms with E-state index < -0.39 is 0 Å². The Hall–Kier alpha value is -1.30. The molecule has 140 valence electrons. The molecule has 2 N–H and O–H groups in total. The Morgan fingerprint density at radius 2 is 2.00 bits per heavy atom. The zero-order valence-electron chi connectivity index (χ0n) is 15.8. The Morgan fingerprint density at radius 1 is 1.25 bits per heavy atom. The first-order valence-electron chi connectivity index (χ1n) is 9.47. The van der Waals surface area contributed by atoms with Gasteiger partial charge in [0.2, 0.25) is 5.91 Å². The lowest BCUT2D eigenvalue weighted by Gasteiger charge is -2.31. The van der Waals surface area contributed by atoms with Gasteiger partial charge in [-0.3, -0.25) is 9.79 Å². The van der Waals surface area contributed by atoms with Crippen LogP contribution in [0.15, 0.2) is 4.99 Å². The van der Waals surface area contributed by atoms with Crippen LogP contribution < -0.4 is 10.6 Å². The fourth-order valence-corrected chi connectivity index (χ4v) is 2.81. The molecule has 0 aromatic carbocycles. The topological polar surface area (TPSA) is 66.0 Å². The molecule has 0 spiro atoms. The number of ether oxygens (including phenoxy) is 1. The summed E-state index contributed by atoms with van der Waals surface area (Å²) < 4.78 is 5.53. The summed E-state index contributed by atoms with van der Waals surface area (Å²) >= 11 is 0. The van der Waals surface area contributed by atoms with Gasteiger partial charge in [-0.05, 0) is 31.6 Å². The number of carbonyl (C=O) groups is 1. The highest BCUT2D eigenvalue weighted by molar-refractivity contribution is 5.81. The van der Waals surface area contributed by atoms with Crippen molar-refractivity contribution in [2.24, 2.45) is 10.9 Å². The zero-order chi connectivity index (χ0) is 17.6. The minimum absolute atomic E-state index is 0.244. The summed E-state index contributed by atoms with van der Waals surface area (Å²) in [5, 5.41) is 6.47. The van der Waals surface area contributed by atoms with E-state index in [9.17, 15) is 4.79 Å². The smallest absolute Gasteiger partial charge is 0.224 e. The third-order valence-corrected chi connectivity index (χ3v) is 4.26. The van der Waals surface area contributed by atoms with Crippen molar-refractivity contribution >= 4 is 11.9 Å². The molecule has 1 atom stereocenters. The van der Waals surface area contributed by atoms with E-state index in [0.29, 0.717) is 18.9 Å². The molecule has 6 heteroatoms. The van der Waals surface area contributed by atoms with Crippen LogP contribution in [-0.4, -0.2) is 63.2 Å². The van der Waals surface area contributed by atoms with Gasteiger partial charge >= 0.3 is 0 Å². The molecule has 0 aromatic heterocycles. The van der Waals surface area contributed by atoms with Crippen LogP contribution in [0, 0.1) is 5.92 Å². The fraction of sp³-hybridized carbons (Fsp3) is 0.889. The van der Waals surface area contributed by atoms with Crippen LogP contribution in [-0.2, 0) is 9.53 Å². The number of amides is 1. The highest BCUT2D eigenvalue weighted by atomic mass is 16.5. The van der Waals surface area contributed by atoms with Crippen molar-refractivity contribution in [3.05, 3.63) is 0 Å². The SMILES string of the molecule is CCCCOCCCNC(=NC)NCCC(=O)N1CCCC(C)C1. The average Bonchev–Trinajstić information content (AvgIpc) is 2.59. The van der Waals surface area contributed by atoms with E-state index in [-0.39, 0.29) is 5.91 Å². The minimum atomic E-state index is 0.244. The number of nitrogens with zero attached hydrogens (tertiary/aromatic N) is 2. The molecule has 1 rings (SSSR count). The fourth-order valence-electron chi connectivity index (χ4n) is 2.81. The van der Waals surface area contributed by atoms with Gasteiger partial charge in [-0.1, -0.05) is 20.3 Å². The maximum Gasteiger partial charge on any atom is 0.224 e. The average molecular weight is 341 g/mol. The first kappa shape index (κ1) is 20.7. The first-order chi connectivity index (χ1) is 11.7. The maximum absolute atomic E-state index is 12.2. The number of hydrogen-bond donors (Lipinski definition) is 2. The number of aliphatic imine (C=N–C) groups is 1. The van der Waals surface area contributed by atoms with Gasteiger partial charge in [0.1, 0.15) is 0 Å². The maximum atomic E-state index is 12.2. The lowest BCUT2D eigenvalue weighted by Crippen LogP contribution is -2.42. The Balaban J connectivity index is 2.08. The molecule has 1 heterocycles. The molecule has 6 nitrogen and oxygen atoms in total. The van der Waals surface area contributed by atoms with Gasteiger partial charge in [-0.25, -0.2) is 0 Å². The summed E-state index contributed by atoms with van der Waals surface area (Å²) in [5.74, 6) is 1.63. The van der Waals surface area contributed by atoms with Crippen LogP contribution in [0.2, 0.25) is 0 Å². The molecule has 0 bridgehead atoms. The van der Waals surface area contributed by atoms with Crippen molar-refractivity contribution in [1.29, 1.82) is 0 Å². The molecule has 1 fully saturated rings. The quantitative estimate of drug-likeness (QED) is 0.363. The molecule has 0 radical (unpaired) electrons. The number of nitrogens with one attached hydrogen (secondary N) is 2. The van der Waals surface area contributed by atoms with Crippen molar-refractivity contribution in [2.45, 2.75) is 52.4 Å². The van der Waals surface area contributed by atoms with Crippen LogP contribution in [0.3, 0.4) is 0 Å². The molecule has 24 heavy (non-hydrogen) atoms. The lowest BCUT2D eigenvalue weighted by atomic mass is 10.00. The number of unbranched alkanes of at least 4 members (excludes halogenated alkanes) is 1. The lowest BCUT2D eigenvalue weighted by molar-refractivity contribution is -0.132. The molecule has 1 amide bonds. The number of carbonyl (C=O) groups excluding carboxylic acids is 1. The molecular formula is C18H36N4O2. The molecule has 1 unspecified atom stereocenters. The van der Waals surface area contributed by atoms with Gasteiger partial charge in [0.05, 0.1) is 0 Å². The van der Waals surface area contributed by atoms with E-state index >= 15 is 0 Å². The predicted octanol–water partition coefficient (Wildman–Crippen LogP) is 2.01. The van der Waals surface area contributed by atoms with Crippen molar-refractivity contribution < 1.29 is 9.53 Å². The van der Waals surface area contributed by atoms with Crippen LogP contribution in [0.5, 0.6) is 0 Å². The second kappa shape index (κ2) is 13.0. The van der Waals surface area contributed by atoms with Crippen LogP contribution in [0.1, 0.15) is 52.4 Å². The summed E-state index contributed by atoms with van der Waals surface area (Å²) in [6.07, 6.45) is 6.14. The van der Waals surface area contributed by atoms with E-state index in [2.05, 4.69) is 29.5 Å². The summed E-state index contributed by atoms with van der Waals surface area (Å²) in [6.45, 7) is 9.26. The van der Waals surface area contributed by atoms with E-state index in [1.807, 2.05) is 4.90 Å². The number of guanidine groups is 1. The molecule has 1 saturated heterocycles. The highest BCUT2D eigenvalue weighted by Gasteiger charge is 2.20. The molecular weight excluding hydrogens is 304 g/mol. The number of likely N-dealkylation sites (tertiary alicyclic amines) is 1. The molecule has 1 aliphatic heterocycles. The van der Waals surface area contributed by atoms with Gasteiger partial charge in [-0.2, -0.15) is 0 Å². The van der Waals surface area contributed by atoms with E-state index in [1.54, 1.807) is 7.05 Å². The Kier molecular flexibility index (Phi) is 11.3. The summed E-state index contributed by atoms with van der Waals surface area (Å²) in [4.78, 5) is 18.4. The summed E-state index contributed by atoms with van der Waals surface area (Å²) in [7, 11) is 1.75. The van der Waals surface area contributed by atoms with Gasteiger partial charge in [-0.15, -0.1) is 0 Å². The van der Waals surface area contributed by atoms with E-state index in [4.69, 9.17) is 4.74 Å². The van der Waals surface area contributed by atoms with E-state index in [0.717, 1.165) is 58.1 Å². The summed E-state index contributed by atoms with van der Waals surface area (Å²) in [5.41, 5.74) is 0. The Morgan fingerprint density at radius 3 is 2.71 bits per heavy atom. The van der Waals surface area contributed by atoms with E-state index in [1.165, 1.54) is 12.8 Å². The highest BCUT2D eigenvalue weighted by Crippen LogP contribution is 2.15. The second-order valence-electron chi connectivity index (χ2n) is 6.58. The Bertz CT molecular complexity index is 374. The largest absolute Gasteiger partial charge is 0.381 e. The van der Waals surface area contributed by atoms with Gasteiger partial charge in [0, 0.05) is 52.9 Å². The third kappa shape index (κ3) is 9.11. The molecule has 0 aromatic rings. The zero-order valence-corrected chi connectivity index (χ0v) is 15.8. The van der Waals surface area contributed by atoms with Gasteiger partial charge in [0.25, 0.3) is 0 Å². The summed E-state index contributed by atoms with van der Waals surface area (Å²) in [6, 6.07) is 0.